The first kappa shape index (κ1) is 15.0. The highest BCUT2D eigenvalue weighted by Crippen LogP contribution is 2.22. The number of carboxylic acid groups (broad SMARTS) is 1. The number of anilines is 2. The quantitative estimate of drug-likeness (QED) is 0.659. The predicted octanol–water partition coefficient (Wildman–Crippen LogP) is 0.891. The van der Waals surface area contributed by atoms with E-state index in [-0.39, 0.29) is 29.0 Å². The van der Waals surface area contributed by atoms with Gasteiger partial charge in [0.1, 0.15) is 0 Å². The number of carbonyl (C=O) groups excluding carboxylic acids is 2. The lowest BCUT2D eigenvalue weighted by Crippen LogP contribution is -2.25. The van der Waals surface area contributed by atoms with Gasteiger partial charge < -0.3 is 21.1 Å². The van der Waals surface area contributed by atoms with Crippen LogP contribution in [0.3, 0.4) is 0 Å². The fraction of sp³-hybridized carbons (Fsp3) is 0.357. The molecule has 21 heavy (non-hydrogen) atoms. The number of carbonyl (C=O) groups is 3. The number of rotatable bonds is 4. The molecule has 2 amide bonds. The molecule has 1 aromatic carbocycles. The molecule has 1 unspecified atom stereocenters. The van der Waals surface area contributed by atoms with Gasteiger partial charge in [-0.05, 0) is 31.2 Å². The first-order valence-electron chi connectivity index (χ1n) is 6.64. The summed E-state index contributed by atoms with van der Waals surface area (Å²) in [6.07, 6.45) is 0.734. The van der Waals surface area contributed by atoms with Crippen molar-refractivity contribution in [2.45, 2.75) is 13.3 Å². The average Bonchev–Trinajstić information content (AvgIpc) is 2.93. The first-order chi connectivity index (χ1) is 9.97. The molecule has 0 saturated carbocycles. The Kier molecular flexibility index (Phi) is 4.54. The van der Waals surface area contributed by atoms with Gasteiger partial charge in [-0.15, -0.1) is 0 Å². The Morgan fingerprint density at radius 1 is 1.29 bits per heavy atom. The van der Waals surface area contributed by atoms with Crippen molar-refractivity contribution >= 4 is 29.2 Å². The molecule has 2 rings (SSSR count). The second-order valence-corrected chi connectivity index (χ2v) is 4.93. The van der Waals surface area contributed by atoms with Crippen LogP contribution in [0.5, 0.6) is 0 Å². The fourth-order valence-corrected chi connectivity index (χ4v) is 2.22. The molecule has 0 aromatic heterocycles. The molecule has 1 heterocycles. The lowest BCUT2D eigenvalue weighted by Gasteiger charge is -2.13. The predicted molar refractivity (Wildman–Crippen MR) is 77.3 cm³/mol. The molecule has 1 atom stereocenters. The standard InChI is InChI=1S/C14H17N3O4/c1-8(18)16-10-2-3-12(11(6-10)14(20)21)17-13(19)9-4-5-15-7-9/h2-3,6,9,15H,4-5,7H2,1H3,(H,16,18)(H,17,19)(H,20,21). The van der Waals surface area contributed by atoms with E-state index >= 15 is 0 Å². The summed E-state index contributed by atoms with van der Waals surface area (Å²) in [5, 5.41) is 17.5. The zero-order valence-electron chi connectivity index (χ0n) is 11.6. The Labute approximate surface area is 121 Å². The van der Waals surface area contributed by atoms with Gasteiger partial charge in [0.2, 0.25) is 11.8 Å². The maximum absolute atomic E-state index is 12.0. The highest BCUT2D eigenvalue weighted by Gasteiger charge is 2.23. The Bertz CT molecular complexity index is 580. The largest absolute Gasteiger partial charge is 0.478 e. The van der Waals surface area contributed by atoms with Crippen LogP contribution in [0.1, 0.15) is 23.7 Å². The number of aromatic carboxylic acids is 1. The lowest BCUT2D eigenvalue weighted by molar-refractivity contribution is -0.119. The van der Waals surface area contributed by atoms with Gasteiger partial charge in [-0.25, -0.2) is 4.79 Å². The summed E-state index contributed by atoms with van der Waals surface area (Å²) in [7, 11) is 0. The minimum atomic E-state index is -1.16. The topological polar surface area (TPSA) is 108 Å². The van der Waals surface area contributed by atoms with Crippen LogP contribution in [0.4, 0.5) is 11.4 Å². The van der Waals surface area contributed by atoms with Crippen LogP contribution in [-0.2, 0) is 9.59 Å². The van der Waals surface area contributed by atoms with Gasteiger partial charge >= 0.3 is 5.97 Å². The first-order valence-corrected chi connectivity index (χ1v) is 6.64. The Morgan fingerprint density at radius 2 is 2.05 bits per heavy atom. The third kappa shape index (κ3) is 3.79. The summed E-state index contributed by atoms with van der Waals surface area (Å²) in [6.45, 7) is 2.72. The number of amides is 2. The highest BCUT2D eigenvalue weighted by atomic mass is 16.4. The van der Waals surface area contributed by atoms with E-state index in [0.717, 1.165) is 13.0 Å². The summed E-state index contributed by atoms with van der Waals surface area (Å²) in [6, 6.07) is 4.36. The molecular formula is C14H17N3O4. The highest BCUT2D eigenvalue weighted by molar-refractivity contribution is 6.02. The maximum atomic E-state index is 12.0. The van der Waals surface area contributed by atoms with Crippen molar-refractivity contribution in [1.29, 1.82) is 0 Å². The van der Waals surface area contributed by atoms with Crippen LogP contribution in [0.15, 0.2) is 18.2 Å². The molecule has 1 saturated heterocycles. The number of carboxylic acids is 1. The molecule has 4 N–H and O–H groups in total. The molecule has 7 nitrogen and oxygen atoms in total. The number of hydrogen-bond donors (Lipinski definition) is 4. The second kappa shape index (κ2) is 6.36. The maximum Gasteiger partial charge on any atom is 0.337 e. The van der Waals surface area contributed by atoms with Crippen LogP contribution < -0.4 is 16.0 Å². The summed E-state index contributed by atoms with van der Waals surface area (Å²) < 4.78 is 0. The normalized spacial score (nSPS) is 17.3. The van der Waals surface area contributed by atoms with E-state index < -0.39 is 5.97 Å². The van der Waals surface area contributed by atoms with Gasteiger partial charge in [-0.1, -0.05) is 0 Å². The van der Waals surface area contributed by atoms with Gasteiger partial charge in [0, 0.05) is 19.2 Å². The molecule has 1 aliphatic heterocycles. The van der Waals surface area contributed by atoms with E-state index in [1.807, 2.05) is 0 Å². The fourth-order valence-electron chi connectivity index (χ4n) is 2.22. The smallest absolute Gasteiger partial charge is 0.337 e. The van der Waals surface area contributed by atoms with Crippen LogP contribution in [0.25, 0.3) is 0 Å². The second-order valence-electron chi connectivity index (χ2n) is 4.93. The van der Waals surface area contributed by atoms with E-state index in [2.05, 4.69) is 16.0 Å². The summed E-state index contributed by atoms with van der Waals surface area (Å²) >= 11 is 0. The minimum Gasteiger partial charge on any atom is -0.478 e. The van der Waals surface area contributed by atoms with Crippen molar-refractivity contribution in [2.24, 2.45) is 5.92 Å². The van der Waals surface area contributed by atoms with Gasteiger partial charge in [-0.2, -0.15) is 0 Å². The van der Waals surface area contributed by atoms with Crippen molar-refractivity contribution in [1.82, 2.24) is 5.32 Å². The average molecular weight is 291 g/mol. The third-order valence-corrected chi connectivity index (χ3v) is 3.26. The molecule has 1 aromatic rings. The molecule has 0 radical (unpaired) electrons. The zero-order valence-corrected chi connectivity index (χ0v) is 11.6. The summed E-state index contributed by atoms with van der Waals surface area (Å²) in [4.78, 5) is 34.3. The molecule has 112 valence electrons. The molecule has 0 bridgehead atoms. The SMILES string of the molecule is CC(=O)Nc1ccc(NC(=O)C2CCNC2)c(C(=O)O)c1. The number of nitrogens with one attached hydrogen (secondary N) is 3. The van der Waals surface area contributed by atoms with E-state index in [9.17, 15) is 19.5 Å². The minimum absolute atomic E-state index is 0.0550. The Balaban J connectivity index is 2.19. The monoisotopic (exact) mass is 291 g/mol. The van der Waals surface area contributed by atoms with E-state index in [1.165, 1.54) is 19.1 Å². The van der Waals surface area contributed by atoms with Crippen molar-refractivity contribution in [3.63, 3.8) is 0 Å². The van der Waals surface area contributed by atoms with Gasteiger partial charge in [-0.3, -0.25) is 9.59 Å². The van der Waals surface area contributed by atoms with Gasteiger partial charge in [0.05, 0.1) is 17.2 Å². The molecule has 7 heteroatoms. The van der Waals surface area contributed by atoms with Crippen LogP contribution in [0.2, 0.25) is 0 Å². The van der Waals surface area contributed by atoms with Gasteiger partial charge in [0.15, 0.2) is 0 Å². The van der Waals surface area contributed by atoms with E-state index in [0.29, 0.717) is 12.2 Å². The molecule has 0 spiro atoms. The molecule has 1 fully saturated rings. The lowest BCUT2D eigenvalue weighted by atomic mass is 10.1. The van der Waals surface area contributed by atoms with Crippen molar-refractivity contribution in [3.05, 3.63) is 23.8 Å². The Morgan fingerprint density at radius 3 is 2.62 bits per heavy atom. The van der Waals surface area contributed by atoms with Crippen molar-refractivity contribution in [2.75, 3.05) is 23.7 Å². The molecule has 1 aliphatic rings. The molecular weight excluding hydrogens is 274 g/mol. The Hall–Kier alpha value is -2.41. The van der Waals surface area contributed by atoms with E-state index in [4.69, 9.17) is 0 Å². The van der Waals surface area contributed by atoms with E-state index in [1.54, 1.807) is 6.07 Å². The van der Waals surface area contributed by atoms with Crippen LogP contribution in [-0.4, -0.2) is 36.0 Å². The van der Waals surface area contributed by atoms with Crippen molar-refractivity contribution < 1.29 is 19.5 Å². The number of benzene rings is 1. The van der Waals surface area contributed by atoms with Crippen LogP contribution in [0, 0.1) is 5.92 Å². The van der Waals surface area contributed by atoms with Crippen LogP contribution >= 0.6 is 0 Å². The third-order valence-electron chi connectivity index (χ3n) is 3.26. The van der Waals surface area contributed by atoms with Crippen molar-refractivity contribution in [3.8, 4) is 0 Å². The zero-order chi connectivity index (χ0) is 15.4. The van der Waals surface area contributed by atoms with Gasteiger partial charge in [0.25, 0.3) is 0 Å². The summed E-state index contributed by atoms with van der Waals surface area (Å²) in [5.74, 6) is -1.81. The summed E-state index contributed by atoms with van der Waals surface area (Å²) in [5.41, 5.74) is 0.550. The molecule has 0 aliphatic carbocycles. The number of hydrogen-bond acceptors (Lipinski definition) is 4.